The zero-order valence-corrected chi connectivity index (χ0v) is 12.6. The van der Waals surface area contributed by atoms with Gasteiger partial charge in [-0.2, -0.15) is 0 Å². The van der Waals surface area contributed by atoms with Gasteiger partial charge in [-0.1, -0.05) is 6.07 Å². The molecule has 0 atom stereocenters. The van der Waals surface area contributed by atoms with E-state index in [4.69, 9.17) is 9.47 Å². The van der Waals surface area contributed by atoms with Gasteiger partial charge in [-0.15, -0.1) is 0 Å². The van der Waals surface area contributed by atoms with Gasteiger partial charge in [0, 0.05) is 12.7 Å². The largest absolute Gasteiger partial charge is 0.494 e. The molecular weight excluding hydrogens is 268 g/mol. The van der Waals surface area contributed by atoms with E-state index in [1.54, 1.807) is 7.11 Å². The summed E-state index contributed by atoms with van der Waals surface area (Å²) in [7, 11) is 1.74. The van der Waals surface area contributed by atoms with Gasteiger partial charge in [-0.3, -0.25) is 4.79 Å². The molecule has 114 valence electrons. The molecule has 0 radical (unpaired) electrons. The predicted octanol–water partition coefficient (Wildman–Crippen LogP) is 3.23. The highest BCUT2D eigenvalue weighted by Crippen LogP contribution is 2.53. The number of carboxylic acids is 1. The fraction of sp³-hybridized carbons (Fsp3) is 0.588. The van der Waals surface area contributed by atoms with Gasteiger partial charge < -0.3 is 14.6 Å². The highest BCUT2D eigenvalue weighted by atomic mass is 16.5. The number of carboxylic acid groups (broad SMARTS) is 1. The molecule has 2 aliphatic rings. The van der Waals surface area contributed by atoms with Crippen LogP contribution in [0.15, 0.2) is 18.2 Å². The molecule has 0 aliphatic heterocycles. The Labute approximate surface area is 125 Å². The van der Waals surface area contributed by atoms with Crippen molar-refractivity contribution in [1.82, 2.24) is 0 Å². The molecule has 0 aromatic heterocycles. The molecule has 2 aliphatic carbocycles. The minimum Gasteiger partial charge on any atom is -0.494 e. The fourth-order valence-corrected chi connectivity index (χ4v) is 3.30. The Hall–Kier alpha value is -1.55. The van der Waals surface area contributed by atoms with Crippen LogP contribution in [-0.2, 0) is 20.5 Å². The van der Waals surface area contributed by atoms with Crippen molar-refractivity contribution in [3.63, 3.8) is 0 Å². The summed E-state index contributed by atoms with van der Waals surface area (Å²) in [4.78, 5) is 11.7. The first-order valence-corrected chi connectivity index (χ1v) is 7.64. The molecule has 21 heavy (non-hydrogen) atoms. The van der Waals surface area contributed by atoms with Gasteiger partial charge in [0.1, 0.15) is 5.75 Å². The van der Waals surface area contributed by atoms with Gasteiger partial charge in [0.15, 0.2) is 0 Å². The molecule has 0 heterocycles. The maximum absolute atomic E-state index is 11.7. The molecule has 0 amide bonds. The van der Waals surface area contributed by atoms with Crippen LogP contribution >= 0.6 is 0 Å². The molecule has 3 rings (SSSR count). The molecule has 1 N–H and O–H groups in total. The Morgan fingerprint density at radius 2 is 2.00 bits per heavy atom. The van der Waals surface area contributed by atoms with E-state index in [-0.39, 0.29) is 5.60 Å². The minimum absolute atomic E-state index is 0.228. The van der Waals surface area contributed by atoms with E-state index in [2.05, 4.69) is 0 Å². The van der Waals surface area contributed by atoms with Crippen molar-refractivity contribution in [2.24, 2.45) is 0 Å². The number of benzene rings is 1. The molecular formula is C17H22O4. The second kappa shape index (κ2) is 5.02. The highest BCUT2D eigenvalue weighted by Gasteiger charge is 2.54. The first-order chi connectivity index (χ1) is 10.1. The van der Waals surface area contributed by atoms with Crippen LogP contribution in [0.3, 0.4) is 0 Å². The van der Waals surface area contributed by atoms with Crippen LogP contribution in [-0.4, -0.2) is 24.8 Å². The Balaban J connectivity index is 2.05. The molecule has 0 saturated heterocycles. The van der Waals surface area contributed by atoms with Crippen molar-refractivity contribution >= 4 is 5.97 Å². The van der Waals surface area contributed by atoms with E-state index in [0.717, 1.165) is 30.4 Å². The number of rotatable bonds is 6. The van der Waals surface area contributed by atoms with E-state index in [1.807, 2.05) is 25.1 Å². The van der Waals surface area contributed by atoms with Gasteiger partial charge in [0.25, 0.3) is 0 Å². The van der Waals surface area contributed by atoms with Crippen molar-refractivity contribution in [3.05, 3.63) is 29.3 Å². The van der Waals surface area contributed by atoms with E-state index in [9.17, 15) is 9.90 Å². The van der Waals surface area contributed by atoms with Gasteiger partial charge in [0.05, 0.1) is 17.6 Å². The van der Waals surface area contributed by atoms with Gasteiger partial charge >= 0.3 is 5.97 Å². The standard InChI is InChI=1S/C17H22O4/c1-3-21-14-6-5-12(17(20-2)7-4-8-17)11-13(14)16(9-10-16)15(18)19/h5-6,11H,3-4,7-10H2,1-2H3,(H,18,19). The average molecular weight is 290 g/mol. The molecule has 0 bridgehead atoms. The number of hydrogen-bond donors (Lipinski definition) is 1. The van der Waals surface area contributed by atoms with Crippen LogP contribution in [0.5, 0.6) is 5.75 Å². The summed E-state index contributed by atoms with van der Waals surface area (Å²) in [5.41, 5.74) is 0.924. The van der Waals surface area contributed by atoms with E-state index < -0.39 is 11.4 Å². The third kappa shape index (κ3) is 2.13. The summed E-state index contributed by atoms with van der Waals surface area (Å²) < 4.78 is 11.4. The monoisotopic (exact) mass is 290 g/mol. The highest BCUT2D eigenvalue weighted by molar-refractivity contribution is 5.86. The minimum atomic E-state index is -0.751. The zero-order chi connectivity index (χ0) is 15.1. The van der Waals surface area contributed by atoms with Gasteiger partial charge in [-0.25, -0.2) is 0 Å². The number of ether oxygens (including phenoxy) is 2. The lowest BCUT2D eigenvalue weighted by molar-refractivity contribution is -0.140. The number of methoxy groups -OCH3 is 1. The van der Waals surface area contributed by atoms with Crippen molar-refractivity contribution < 1.29 is 19.4 Å². The smallest absolute Gasteiger partial charge is 0.314 e. The first kappa shape index (κ1) is 14.4. The lowest BCUT2D eigenvalue weighted by atomic mass is 9.74. The average Bonchev–Trinajstić information content (AvgIpc) is 3.21. The van der Waals surface area contributed by atoms with Gasteiger partial charge in [-0.05, 0) is 56.7 Å². The molecule has 2 fully saturated rings. The first-order valence-electron chi connectivity index (χ1n) is 7.64. The molecule has 2 saturated carbocycles. The van der Waals surface area contributed by atoms with Gasteiger partial charge in [0.2, 0.25) is 0 Å². The SMILES string of the molecule is CCOc1ccc(C2(OC)CCC2)cc1C1(C(=O)O)CC1. The number of carbonyl (C=O) groups is 1. The topological polar surface area (TPSA) is 55.8 Å². The summed E-state index contributed by atoms with van der Waals surface area (Å²) in [6.07, 6.45) is 4.52. The summed E-state index contributed by atoms with van der Waals surface area (Å²) in [5, 5.41) is 9.59. The van der Waals surface area contributed by atoms with Crippen molar-refractivity contribution in [1.29, 1.82) is 0 Å². The maximum atomic E-state index is 11.7. The second-order valence-corrected chi connectivity index (χ2v) is 6.08. The van der Waals surface area contributed by atoms with E-state index >= 15 is 0 Å². The third-order valence-corrected chi connectivity index (χ3v) is 5.03. The molecule has 4 heteroatoms. The Kier molecular flexibility index (Phi) is 3.44. The molecule has 4 nitrogen and oxygen atoms in total. The lowest BCUT2D eigenvalue weighted by Crippen LogP contribution is -2.36. The van der Waals surface area contributed by atoms with Crippen LogP contribution in [0.1, 0.15) is 50.2 Å². The Bertz CT molecular complexity index is 550. The normalized spacial score (nSPS) is 21.4. The zero-order valence-electron chi connectivity index (χ0n) is 12.6. The lowest BCUT2D eigenvalue weighted by Gasteiger charge is -2.41. The van der Waals surface area contributed by atoms with E-state index in [0.29, 0.717) is 25.2 Å². The third-order valence-electron chi connectivity index (χ3n) is 5.03. The molecule has 1 aromatic carbocycles. The fourth-order valence-electron chi connectivity index (χ4n) is 3.30. The van der Waals surface area contributed by atoms with E-state index in [1.165, 1.54) is 0 Å². The number of hydrogen-bond acceptors (Lipinski definition) is 3. The summed E-state index contributed by atoms with van der Waals surface area (Å²) in [5.74, 6) is -0.0487. The maximum Gasteiger partial charge on any atom is 0.314 e. The van der Waals surface area contributed by atoms with Crippen LogP contribution < -0.4 is 4.74 Å². The molecule has 0 spiro atoms. The molecule has 0 unspecified atom stereocenters. The Morgan fingerprint density at radius 1 is 1.29 bits per heavy atom. The Morgan fingerprint density at radius 3 is 2.43 bits per heavy atom. The summed E-state index contributed by atoms with van der Waals surface area (Å²) >= 11 is 0. The summed E-state index contributed by atoms with van der Waals surface area (Å²) in [6.45, 7) is 2.46. The van der Waals surface area contributed by atoms with Crippen LogP contribution in [0.2, 0.25) is 0 Å². The second-order valence-electron chi connectivity index (χ2n) is 6.08. The van der Waals surface area contributed by atoms with Crippen molar-refractivity contribution in [2.45, 2.75) is 50.0 Å². The van der Waals surface area contributed by atoms with Crippen molar-refractivity contribution in [3.8, 4) is 5.75 Å². The van der Waals surface area contributed by atoms with Crippen molar-refractivity contribution in [2.75, 3.05) is 13.7 Å². The quantitative estimate of drug-likeness (QED) is 0.874. The van der Waals surface area contributed by atoms with Crippen LogP contribution in [0.4, 0.5) is 0 Å². The van der Waals surface area contributed by atoms with Crippen LogP contribution in [0.25, 0.3) is 0 Å². The van der Waals surface area contributed by atoms with Crippen LogP contribution in [0, 0.1) is 0 Å². The molecule has 1 aromatic rings. The summed E-state index contributed by atoms with van der Waals surface area (Å²) in [6, 6.07) is 5.94. The number of aliphatic carboxylic acids is 1. The predicted molar refractivity (Wildman–Crippen MR) is 78.7 cm³/mol.